The number of aromatic nitrogens is 2. The van der Waals surface area contributed by atoms with Crippen molar-refractivity contribution in [1.82, 2.24) is 14.5 Å². The Morgan fingerprint density at radius 2 is 2.00 bits per heavy atom. The van der Waals surface area contributed by atoms with Gasteiger partial charge in [-0.15, -0.1) is 0 Å². The van der Waals surface area contributed by atoms with Crippen molar-refractivity contribution in [3.8, 4) is 6.07 Å². The zero-order valence-electron chi connectivity index (χ0n) is 11.9. The Bertz CT molecular complexity index is 631. The Labute approximate surface area is 119 Å². The lowest BCUT2D eigenvalue weighted by Crippen LogP contribution is -2.33. The molecular formula is C16H20N4. The fourth-order valence-corrected chi connectivity index (χ4v) is 3.12. The van der Waals surface area contributed by atoms with Crippen molar-refractivity contribution in [2.75, 3.05) is 13.1 Å². The summed E-state index contributed by atoms with van der Waals surface area (Å²) in [5.41, 5.74) is 2.05. The number of fused-ring (bicyclic) bond motifs is 1. The van der Waals surface area contributed by atoms with Gasteiger partial charge in [0, 0.05) is 0 Å². The molecule has 0 amide bonds. The third-order valence-corrected chi connectivity index (χ3v) is 4.22. The summed E-state index contributed by atoms with van der Waals surface area (Å²) in [6.07, 6.45) is 3.86. The van der Waals surface area contributed by atoms with E-state index in [4.69, 9.17) is 10.2 Å². The lowest BCUT2D eigenvalue weighted by molar-refractivity contribution is 0.166. The predicted octanol–water partition coefficient (Wildman–Crippen LogP) is 3.11. The highest BCUT2D eigenvalue weighted by Gasteiger charge is 2.23. The fraction of sp³-hybridized carbons (Fsp3) is 0.500. The third-order valence-electron chi connectivity index (χ3n) is 4.22. The van der Waals surface area contributed by atoms with Crippen LogP contribution >= 0.6 is 0 Å². The maximum Gasteiger partial charge on any atom is 0.127 e. The first-order valence-corrected chi connectivity index (χ1v) is 7.37. The van der Waals surface area contributed by atoms with Crippen LogP contribution < -0.4 is 0 Å². The largest absolute Gasteiger partial charge is 0.313 e. The zero-order valence-corrected chi connectivity index (χ0v) is 11.9. The summed E-state index contributed by atoms with van der Waals surface area (Å²) in [5.74, 6) is 1.02. The first-order chi connectivity index (χ1) is 9.81. The average Bonchev–Trinajstić information content (AvgIpc) is 2.87. The van der Waals surface area contributed by atoms with E-state index in [1.54, 1.807) is 0 Å². The highest BCUT2D eigenvalue weighted by Crippen LogP contribution is 2.26. The molecule has 4 nitrogen and oxygen atoms in total. The monoisotopic (exact) mass is 268 g/mol. The van der Waals surface area contributed by atoms with Crippen LogP contribution in [0, 0.1) is 11.3 Å². The number of hydrogen-bond donors (Lipinski definition) is 0. The molecule has 4 heteroatoms. The van der Waals surface area contributed by atoms with Crippen molar-refractivity contribution in [2.45, 2.75) is 38.8 Å². The first kappa shape index (κ1) is 13.1. The van der Waals surface area contributed by atoms with Gasteiger partial charge in [0.2, 0.25) is 0 Å². The van der Waals surface area contributed by atoms with Gasteiger partial charge in [0.05, 0.1) is 23.1 Å². The van der Waals surface area contributed by atoms with E-state index in [1.165, 1.54) is 19.3 Å². The molecule has 1 aliphatic heterocycles. The molecule has 0 spiro atoms. The number of imidazole rings is 1. The molecule has 104 valence electrons. The normalized spacial score (nSPS) is 18.0. The highest BCUT2D eigenvalue weighted by atomic mass is 15.2. The number of para-hydroxylation sites is 2. The summed E-state index contributed by atoms with van der Waals surface area (Å²) in [6, 6.07) is 10.6. The lowest BCUT2D eigenvalue weighted by atomic mass is 10.1. The number of nitrogens with zero attached hydrogens (tertiary/aromatic N) is 4. The van der Waals surface area contributed by atoms with E-state index in [1.807, 2.05) is 24.3 Å². The van der Waals surface area contributed by atoms with Gasteiger partial charge < -0.3 is 4.57 Å². The van der Waals surface area contributed by atoms with Gasteiger partial charge in [0.25, 0.3) is 0 Å². The Morgan fingerprint density at radius 3 is 2.75 bits per heavy atom. The second-order valence-electron chi connectivity index (χ2n) is 5.48. The predicted molar refractivity (Wildman–Crippen MR) is 79.2 cm³/mol. The molecule has 1 unspecified atom stereocenters. The third kappa shape index (κ3) is 2.30. The van der Waals surface area contributed by atoms with Crippen molar-refractivity contribution < 1.29 is 0 Å². The number of rotatable bonds is 3. The number of benzene rings is 1. The highest BCUT2D eigenvalue weighted by molar-refractivity contribution is 5.76. The molecule has 1 aliphatic rings. The van der Waals surface area contributed by atoms with Crippen molar-refractivity contribution in [3.05, 3.63) is 30.1 Å². The number of nitriles is 1. The standard InChI is InChI=1S/C16H20N4/c1-13(19-10-5-2-6-11-19)16-18-14-7-3-4-8-15(14)20(16)12-9-17/h3-4,7-8,13H,2,5-6,10-12H2,1H3. The van der Waals surface area contributed by atoms with Crippen LogP contribution in [0.25, 0.3) is 11.0 Å². The van der Waals surface area contributed by atoms with Gasteiger partial charge in [-0.05, 0) is 45.0 Å². The zero-order chi connectivity index (χ0) is 13.9. The molecule has 3 rings (SSSR count). The van der Waals surface area contributed by atoms with E-state index < -0.39 is 0 Å². The first-order valence-electron chi connectivity index (χ1n) is 7.37. The van der Waals surface area contributed by atoms with Gasteiger partial charge in [0.15, 0.2) is 0 Å². The van der Waals surface area contributed by atoms with Gasteiger partial charge in [-0.2, -0.15) is 5.26 Å². The van der Waals surface area contributed by atoms with E-state index >= 15 is 0 Å². The number of piperidine rings is 1. The molecular weight excluding hydrogens is 248 g/mol. The van der Waals surface area contributed by atoms with E-state index in [-0.39, 0.29) is 6.04 Å². The molecule has 2 heterocycles. The molecule has 1 atom stereocenters. The molecule has 1 fully saturated rings. The van der Waals surface area contributed by atoms with Crippen molar-refractivity contribution in [3.63, 3.8) is 0 Å². The van der Waals surface area contributed by atoms with Crippen LogP contribution in [0.5, 0.6) is 0 Å². The Balaban J connectivity index is 2.01. The van der Waals surface area contributed by atoms with Gasteiger partial charge in [0.1, 0.15) is 12.4 Å². The van der Waals surface area contributed by atoms with Crippen LogP contribution in [0.2, 0.25) is 0 Å². The SMILES string of the molecule is CC(c1nc2ccccc2n1CC#N)N1CCCCC1. The van der Waals surface area contributed by atoms with Crippen molar-refractivity contribution >= 4 is 11.0 Å². The molecule has 0 aliphatic carbocycles. The molecule has 20 heavy (non-hydrogen) atoms. The minimum absolute atomic E-state index is 0.274. The quantitative estimate of drug-likeness (QED) is 0.859. The van der Waals surface area contributed by atoms with Crippen molar-refractivity contribution in [1.29, 1.82) is 5.26 Å². The van der Waals surface area contributed by atoms with E-state index in [9.17, 15) is 0 Å². The molecule has 2 aromatic rings. The molecule has 0 bridgehead atoms. The summed E-state index contributed by atoms with van der Waals surface area (Å²) >= 11 is 0. The topological polar surface area (TPSA) is 44.9 Å². The second-order valence-corrected chi connectivity index (χ2v) is 5.48. The van der Waals surface area contributed by atoms with Crippen LogP contribution in [0.4, 0.5) is 0 Å². The van der Waals surface area contributed by atoms with E-state index in [0.717, 1.165) is 29.9 Å². The fourth-order valence-electron chi connectivity index (χ4n) is 3.12. The summed E-state index contributed by atoms with van der Waals surface area (Å²) in [4.78, 5) is 7.26. The van der Waals surface area contributed by atoms with Crippen LogP contribution in [0.3, 0.4) is 0 Å². The molecule has 0 saturated carbocycles. The number of likely N-dealkylation sites (tertiary alicyclic amines) is 1. The van der Waals surface area contributed by atoms with Crippen LogP contribution in [0.15, 0.2) is 24.3 Å². The Kier molecular flexibility index (Phi) is 3.70. The summed E-state index contributed by atoms with van der Waals surface area (Å²) in [7, 11) is 0. The lowest BCUT2D eigenvalue weighted by Gasteiger charge is -2.32. The maximum absolute atomic E-state index is 9.10. The van der Waals surface area contributed by atoms with Crippen molar-refractivity contribution in [2.24, 2.45) is 0 Å². The number of hydrogen-bond acceptors (Lipinski definition) is 3. The van der Waals surface area contributed by atoms with E-state index in [0.29, 0.717) is 6.54 Å². The Morgan fingerprint density at radius 1 is 1.25 bits per heavy atom. The minimum Gasteiger partial charge on any atom is -0.313 e. The summed E-state index contributed by atoms with van der Waals surface area (Å²) in [6.45, 7) is 4.85. The summed E-state index contributed by atoms with van der Waals surface area (Å²) < 4.78 is 2.06. The van der Waals surface area contributed by atoms with Gasteiger partial charge in [-0.25, -0.2) is 4.98 Å². The summed E-state index contributed by atoms with van der Waals surface area (Å²) in [5, 5.41) is 9.10. The smallest absolute Gasteiger partial charge is 0.127 e. The van der Waals surface area contributed by atoms with Gasteiger partial charge in [-0.3, -0.25) is 4.90 Å². The minimum atomic E-state index is 0.274. The molecule has 1 saturated heterocycles. The van der Waals surface area contributed by atoms with Gasteiger partial charge >= 0.3 is 0 Å². The Hall–Kier alpha value is -1.86. The van der Waals surface area contributed by atoms with Gasteiger partial charge in [-0.1, -0.05) is 18.6 Å². The molecule has 0 N–H and O–H groups in total. The molecule has 0 radical (unpaired) electrons. The molecule has 1 aromatic carbocycles. The molecule has 1 aromatic heterocycles. The van der Waals surface area contributed by atoms with Crippen LogP contribution in [-0.2, 0) is 6.54 Å². The van der Waals surface area contributed by atoms with Crippen LogP contribution in [-0.4, -0.2) is 27.5 Å². The second kappa shape index (κ2) is 5.64. The average molecular weight is 268 g/mol. The van der Waals surface area contributed by atoms with Crippen LogP contribution in [0.1, 0.15) is 38.1 Å². The van der Waals surface area contributed by atoms with E-state index in [2.05, 4.69) is 22.5 Å². The maximum atomic E-state index is 9.10.